The second-order valence-corrected chi connectivity index (χ2v) is 5.02. The topological polar surface area (TPSA) is 49.8 Å². The molecule has 6 heteroatoms. The summed E-state index contributed by atoms with van der Waals surface area (Å²) in [6.07, 6.45) is 2.05. The molecule has 0 saturated heterocycles. The van der Waals surface area contributed by atoms with Gasteiger partial charge in [0.05, 0.1) is 12.2 Å². The van der Waals surface area contributed by atoms with Crippen LogP contribution in [0.5, 0.6) is 0 Å². The lowest BCUT2D eigenvalue weighted by Gasteiger charge is -2.17. The van der Waals surface area contributed by atoms with Crippen molar-refractivity contribution in [1.29, 1.82) is 0 Å². The Morgan fingerprint density at radius 2 is 2.26 bits per heavy atom. The van der Waals surface area contributed by atoms with Crippen LogP contribution in [0, 0.1) is 5.82 Å². The summed E-state index contributed by atoms with van der Waals surface area (Å²) < 4.78 is 13.7. The van der Waals surface area contributed by atoms with Crippen molar-refractivity contribution in [2.45, 2.75) is 26.3 Å². The van der Waals surface area contributed by atoms with E-state index in [2.05, 4.69) is 27.5 Å². The number of halogens is 1. The van der Waals surface area contributed by atoms with Gasteiger partial charge >= 0.3 is 0 Å². The quantitative estimate of drug-likeness (QED) is 0.847. The van der Waals surface area contributed by atoms with Crippen molar-refractivity contribution in [3.05, 3.63) is 34.4 Å². The fourth-order valence-electron chi connectivity index (χ4n) is 1.74. The molecule has 0 aliphatic heterocycles. The lowest BCUT2D eigenvalue weighted by Crippen LogP contribution is -2.13. The monoisotopic (exact) mass is 280 g/mol. The third-order valence-electron chi connectivity index (χ3n) is 2.68. The van der Waals surface area contributed by atoms with Crippen molar-refractivity contribution < 1.29 is 4.39 Å². The molecule has 0 fully saturated rings. The largest absolute Gasteiger partial charge is 0.360 e. The number of anilines is 2. The van der Waals surface area contributed by atoms with Crippen molar-refractivity contribution in [1.82, 2.24) is 9.97 Å². The summed E-state index contributed by atoms with van der Waals surface area (Å²) in [4.78, 5) is 9.22. The Labute approximate surface area is 116 Å². The van der Waals surface area contributed by atoms with E-state index < -0.39 is 5.82 Å². The number of hydrogen-bond donors (Lipinski definition) is 2. The van der Waals surface area contributed by atoms with Gasteiger partial charge in [-0.2, -0.15) is 4.98 Å². The van der Waals surface area contributed by atoms with E-state index in [-0.39, 0.29) is 11.9 Å². The number of hydrogen-bond acceptors (Lipinski definition) is 5. The molecule has 0 aliphatic rings. The van der Waals surface area contributed by atoms with E-state index in [1.807, 2.05) is 24.4 Å². The molecule has 0 bridgehead atoms. The van der Waals surface area contributed by atoms with Crippen LogP contribution in [0.2, 0.25) is 0 Å². The first-order valence-electron chi connectivity index (χ1n) is 6.31. The molecular formula is C13H17FN4S. The van der Waals surface area contributed by atoms with Crippen LogP contribution in [-0.4, -0.2) is 16.5 Å². The molecule has 2 aromatic rings. The van der Waals surface area contributed by atoms with Crippen molar-refractivity contribution in [3.8, 4) is 0 Å². The van der Waals surface area contributed by atoms with E-state index in [4.69, 9.17) is 0 Å². The van der Waals surface area contributed by atoms with Crippen molar-refractivity contribution in [2.24, 2.45) is 0 Å². The molecule has 0 spiro atoms. The minimum absolute atomic E-state index is 0.0684. The van der Waals surface area contributed by atoms with Crippen LogP contribution >= 0.6 is 11.3 Å². The van der Waals surface area contributed by atoms with Gasteiger partial charge in [-0.05, 0) is 24.8 Å². The molecule has 0 aliphatic carbocycles. The van der Waals surface area contributed by atoms with E-state index in [0.29, 0.717) is 12.5 Å². The van der Waals surface area contributed by atoms with Crippen molar-refractivity contribution in [2.75, 3.05) is 17.2 Å². The summed E-state index contributed by atoms with van der Waals surface area (Å²) in [6.45, 7) is 4.70. The van der Waals surface area contributed by atoms with Crippen LogP contribution < -0.4 is 10.6 Å². The summed E-state index contributed by atoms with van der Waals surface area (Å²) in [5.41, 5.74) is 0. The average Bonchev–Trinajstić information content (AvgIpc) is 2.93. The Balaban J connectivity index is 2.19. The second kappa shape index (κ2) is 6.47. The van der Waals surface area contributed by atoms with Gasteiger partial charge in [0.1, 0.15) is 0 Å². The van der Waals surface area contributed by atoms with Crippen LogP contribution in [-0.2, 0) is 0 Å². The first-order chi connectivity index (χ1) is 9.24. The van der Waals surface area contributed by atoms with Gasteiger partial charge in [-0.25, -0.2) is 9.37 Å². The SMILES string of the molecule is CCNc1ncc(F)c(NC(CC)c2cccs2)n1. The first-order valence-corrected chi connectivity index (χ1v) is 7.18. The Morgan fingerprint density at radius 3 is 2.89 bits per heavy atom. The zero-order chi connectivity index (χ0) is 13.7. The number of aromatic nitrogens is 2. The van der Waals surface area contributed by atoms with Crippen molar-refractivity contribution >= 4 is 23.1 Å². The zero-order valence-corrected chi connectivity index (χ0v) is 11.8. The minimum Gasteiger partial charge on any atom is -0.360 e. The normalized spacial score (nSPS) is 12.2. The lowest BCUT2D eigenvalue weighted by molar-refractivity contribution is 0.611. The van der Waals surface area contributed by atoms with Gasteiger partial charge < -0.3 is 10.6 Å². The highest BCUT2D eigenvalue weighted by atomic mass is 32.1. The third-order valence-corrected chi connectivity index (χ3v) is 3.67. The molecule has 2 heterocycles. The smallest absolute Gasteiger partial charge is 0.224 e. The Kier molecular flexibility index (Phi) is 4.68. The van der Waals surface area contributed by atoms with Gasteiger partial charge in [0.15, 0.2) is 11.6 Å². The number of nitrogens with one attached hydrogen (secondary N) is 2. The molecule has 0 radical (unpaired) electrons. The standard InChI is InChI=1S/C13H17FN4S/c1-3-10(11-6-5-7-19-11)17-12-9(14)8-16-13(18-12)15-4-2/h5-8,10H,3-4H2,1-2H3,(H2,15,16,17,18). The van der Waals surface area contributed by atoms with Crippen LogP contribution in [0.4, 0.5) is 16.2 Å². The first kappa shape index (κ1) is 13.7. The maximum atomic E-state index is 13.7. The summed E-state index contributed by atoms with van der Waals surface area (Å²) in [7, 11) is 0. The van der Waals surface area contributed by atoms with Gasteiger partial charge in [-0.15, -0.1) is 11.3 Å². The van der Waals surface area contributed by atoms with Crippen LogP contribution in [0.3, 0.4) is 0 Å². The van der Waals surface area contributed by atoms with Gasteiger partial charge in [-0.1, -0.05) is 13.0 Å². The van der Waals surface area contributed by atoms with E-state index >= 15 is 0 Å². The molecule has 0 saturated carbocycles. The summed E-state index contributed by atoms with van der Waals surface area (Å²) >= 11 is 1.65. The number of rotatable bonds is 6. The highest BCUT2D eigenvalue weighted by Crippen LogP contribution is 2.26. The summed E-state index contributed by atoms with van der Waals surface area (Å²) in [6, 6.07) is 4.10. The third kappa shape index (κ3) is 3.41. The Hall–Kier alpha value is -1.69. The highest BCUT2D eigenvalue weighted by Gasteiger charge is 2.14. The molecule has 0 aromatic carbocycles. The fourth-order valence-corrected chi connectivity index (χ4v) is 2.60. The van der Waals surface area contributed by atoms with E-state index in [1.165, 1.54) is 11.1 Å². The molecule has 102 valence electrons. The van der Waals surface area contributed by atoms with E-state index in [9.17, 15) is 4.39 Å². The molecule has 2 rings (SSSR count). The predicted molar refractivity (Wildman–Crippen MR) is 77.1 cm³/mol. The molecule has 4 nitrogen and oxygen atoms in total. The number of thiophene rings is 1. The van der Waals surface area contributed by atoms with Gasteiger partial charge in [0.25, 0.3) is 0 Å². The average molecular weight is 280 g/mol. The Bertz CT molecular complexity index is 515. The maximum absolute atomic E-state index is 13.7. The molecular weight excluding hydrogens is 263 g/mol. The van der Waals surface area contributed by atoms with E-state index in [0.717, 1.165) is 6.42 Å². The van der Waals surface area contributed by atoms with Crippen LogP contribution in [0.25, 0.3) is 0 Å². The summed E-state index contributed by atoms with van der Waals surface area (Å²) in [5.74, 6) is 0.246. The molecule has 2 aromatic heterocycles. The fraction of sp³-hybridized carbons (Fsp3) is 0.385. The van der Waals surface area contributed by atoms with Crippen LogP contribution in [0.15, 0.2) is 23.7 Å². The number of nitrogens with zero attached hydrogens (tertiary/aromatic N) is 2. The maximum Gasteiger partial charge on any atom is 0.224 e. The van der Waals surface area contributed by atoms with Crippen LogP contribution in [0.1, 0.15) is 31.2 Å². The second-order valence-electron chi connectivity index (χ2n) is 4.04. The Morgan fingerprint density at radius 1 is 1.42 bits per heavy atom. The summed E-state index contributed by atoms with van der Waals surface area (Å²) in [5, 5.41) is 8.13. The predicted octanol–water partition coefficient (Wildman–Crippen LogP) is 3.67. The molecule has 1 atom stereocenters. The zero-order valence-electron chi connectivity index (χ0n) is 11.0. The van der Waals surface area contributed by atoms with E-state index in [1.54, 1.807) is 11.3 Å². The molecule has 2 N–H and O–H groups in total. The van der Waals surface area contributed by atoms with Gasteiger partial charge in [-0.3, -0.25) is 0 Å². The highest BCUT2D eigenvalue weighted by molar-refractivity contribution is 7.10. The molecule has 1 unspecified atom stereocenters. The van der Waals surface area contributed by atoms with Gasteiger partial charge in [0.2, 0.25) is 5.95 Å². The van der Waals surface area contributed by atoms with Gasteiger partial charge in [0, 0.05) is 11.4 Å². The lowest BCUT2D eigenvalue weighted by atomic mass is 10.2. The molecule has 0 amide bonds. The van der Waals surface area contributed by atoms with Crippen molar-refractivity contribution in [3.63, 3.8) is 0 Å². The minimum atomic E-state index is -0.434. The molecule has 19 heavy (non-hydrogen) atoms.